The number of hydrogen-bond acceptors (Lipinski definition) is 3. The van der Waals surface area contributed by atoms with Crippen molar-refractivity contribution in [1.82, 2.24) is 10.2 Å². The fourth-order valence-corrected chi connectivity index (χ4v) is 3.32. The Morgan fingerprint density at radius 3 is 2.76 bits per heavy atom. The van der Waals surface area contributed by atoms with E-state index in [1.54, 1.807) is 25.3 Å². The van der Waals surface area contributed by atoms with Gasteiger partial charge in [0.1, 0.15) is 5.75 Å². The van der Waals surface area contributed by atoms with Gasteiger partial charge in [-0.2, -0.15) is 0 Å². The van der Waals surface area contributed by atoms with Gasteiger partial charge in [-0.1, -0.05) is 12.8 Å². The summed E-state index contributed by atoms with van der Waals surface area (Å²) < 4.78 is 5.96. The molecule has 1 aliphatic carbocycles. The molecule has 0 atom stereocenters. The molecular formula is C16H23BrN2O2. The van der Waals surface area contributed by atoms with Gasteiger partial charge in [-0.25, -0.2) is 0 Å². The molecule has 1 aromatic carbocycles. The Balaban J connectivity index is 1.80. The maximum Gasteiger partial charge on any atom is 0.251 e. The highest BCUT2D eigenvalue weighted by Gasteiger charge is 2.19. The van der Waals surface area contributed by atoms with Crippen molar-refractivity contribution in [2.24, 2.45) is 0 Å². The Morgan fingerprint density at radius 1 is 1.43 bits per heavy atom. The Kier molecular flexibility index (Phi) is 6.06. The quantitative estimate of drug-likeness (QED) is 0.853. The molecule has 21 heavy (non-hydrogen) atoms. The van der Waals surface area contributed by atoms with Crippen LogP contribution in [0.15, 0.2) is 22.7 Å². The fourth-order valence-electron chi connectivity index (χ4n) is 2.78. The van der Waals surface area contributed by atoms with Gasteiger partial charge in [-0.05, 0) is 54.0 Å². The van der Waals surface area contributed by atoms with Crippen LogP contribution in [0.4, 0.5) is 0 Å². The van der Waals surface area contributed by atoms with Crippen LogP contribution in [-0.4, -0.2) is 44.1 Å². The van der Waals surface area contributed by atoms with Crippen LogP contribution < -0.4 is 10.1 Å². The second-order valence-corrected chi connectivity index (χ2v) is 6.38. The zero-order chi connectivity index (χ0) is 15.2. The Hall–Kier alpha value is -1.07. The molecule has 0 aromatic heterocycles. The smallest absolute Gasteiger partial charge is 0.251 e. The van der Waals surface area contributed by atoms with E-state index >= 15 is 0 Å². The molecule has 0 saturated heterocycles. The van der Waals surface area contributed by atoms with Gasteiger partial charge in [-0.3, -0.25) is 4.79 Å². The van der Waals surface area contributed by atoms with E-state index in [2.05, 4.69) is 33.2 Å². The van der Waals surface area contributed by atoms with Gasteiger partial charge in [0.15, 0.2) is 0 Å². The van der Waals surface area contributed by atoms with Crippen molar-refractivity contribution in [2.45, 2.75) is 31.7 Å². The molecule has 0 unspecified atom stereocenters. The number of likely N-dealkylation sites (N-methyl/N-ethyl adjacent to an activating group) is 1. The topological polar surface area (TPSA) is 41.6 Å². The molecule has 0 radical (unpaired) electrons. The van der Waals surface area contributed by atoms with E-state index in [1.807, 2.05) is 0 Å². The zero-order valence-corrected chi connectivity index (χ0v) is 14.3. The predicted molar refractivity (Wildman–Crippen MR) is 87.9 cm³/mol. The number of rotatable bonds is 6. The van der Waals surface area contributed by atoms with E-state index in [-0.39, 0.29) is 5.91 Å². The molecule has 0 aliphatic heterocycles. The lowest BCUT2D eigenvalue weighted by molar-refractivity contribution is 0.0947. The maximum atomic E-state index is 12.1. The average molecular weight is 355 g/mol. The van der Waals surface area contributed by atoms with E-state index in [0.29, 0.717) is 18.2 Å². The molecule has 0 heterocycles. The second kappa shape index (κ2) is 7.80. The van der Waals surface area contributed by atoms with E-state index in [4.69, 9.17) is 4.74 Å². The minimum absolute atomic E-state index is 0.0434. The van der Waals surface area contributed by atoms with Crippen LogP contribution in [0.25, 0.3) is 0 Å². The summed E-state index contributed by atoms with van der Waals surface area (Å²) in [6, 6.07) is 6.05. The molecular weight excluding hydrogens is 332 g/mol. The van der Waals surface area contributed by atoms with E-state index in [9.17, 15) is 4.79 Å². The lowest BCUT2D eigenvalue weighted by atomic mass is 10.2. The van der Waals surface area contributed by atoms with Gasteiger partial charge in [0.2, 0.25) is 0 Å². The van der Waals surface area contributed by atoms with Crippen molar-refractivity contribution in [3.8, 4) is 5.75 Å². The zero-order valence-electron chi connectivity index (χ0n) is 12.7. The van der Waals surface area contributed by atoms with Crippen LogP contribution in [0.5, 0.6) is 5.75 Å². The first kappa shape index (κ1) is 16.3. The number of halogens is 1. The predicted octanol–water partition coefficient (Wildman–Crippen LogP) is 3.06. The Morgan fingerprint density at radius 2 is 2.14 bits per heavy atom. The van der Waals surface area contributed by atoms with Gasteiger partial charge in [0.05, 0.1) is 11.6 Å². The van der Waals surface area contributed by atoms with E-state index < -0.39 is 0 Å². The van der Waals surface area contributed by atoms with Crippen molar-refractivity contribution in [3.63, 3.8) is 0 Å². The van der Waals surface area contributed by atoms with Crippen LogP contribution >= 0.6 is 15.9 Å². The van der Waals surface area contributed by atoms with Crippen molar-refractivity contribution in [2.75, 3.05) is 27.2 Å². The summed E-state index contributed by atoms with van der Waals surface area (Å²) in [5.74, 6) is 0.686. The largest absolute Gasteiger partial charge is 0.496 e. The molecule has 2 rings (SSSR count). The van der Waals surface area contributed by atoms with Crippen LogP contribution in [0.3, 0.4) is 0 Å². The summed E-state index contributed by atoms with van der Waals surface area (Å²) in [6.07, 6.45) is 5.24. The van der Waals surface area contributed by atoms with E-state index in [1.165, 1.54) is 25.7 Å². The summed E-state index contributed by atoms with van der Waals surface area (Å²) >= 11 is 3.40. The standard InChI is InChI=1S/C16H23BrN2O2/c1-19(13-5-3-4-6-13)10-9-18-16(20)12-7-8-15(21-2)14(17)11-12/h7-8,11,13H,3-6,9-10H2,1-2H3,(H,18,20). The molecule has 1 aromatic rings. The van der Waals surface area contributed by atoms with Gasteiger partial charge in [0, 0.05) is 24.7 Å². The lowest BCUT2D eigenvalue weighted by Crippen LogP contribution is -2.37. The average Bonchev–Trinajstić information content (AvgIpc) is 3.01. The second-order valence-electron chi connectivity index (χ2n) is 5.52. The van der Waals surface area contributed by atoms with Crippen LogP contribution in [0, 0.1) is 0 Å². The lowest BCUT2D eigenvalue weighted by Gasteiger charge is -2.23. The summed E-state index contributed by atoms with van der Waals surface area (Å²) in [7, 11) is 3.75. The molecule has 4 nitrogen and oxygen atoms in total. The first-order chi connectivity index (χ1) is 10.1. The molecule has 1 amide bonds. The van der Waals surface area contributed by atoms with Gasteiger partial charge < -0.3 is 15.0 Å². The summed E-state index contributed by atoms with van der Waals surface area (Å²) in [6.45, 7) is 1.57. The number of nitrogens with zero attached hydrogens (tertiary/aromatic N) is 1. The molecule has 1 N–H and O–H groups in total. The number of methoxy groups -OCH3 is 1. The summed E-state index contributed by atoms with van der Waals surface area (Å²) in [4.78, 5) is 14.5. The number of benzene rings is 1. The molecule has 5 heteroatoms. The van der Waals surface area contributed by atoms with Gasteiger partial charge in [-0.15, -0.1) is 0 Å². The number of carbonyl (C=O) groups excluding carboxylic acids is 1. The van der Waals surface area contributed by atoms with Crippen LogP contribution in [-0.2, 0) is 0 Å². The highest BCUT2D eigenvalue weighted by Crippen LogP contribution is 2.25. The molecule has 0 spiro atoms. The molecule has 116 valence electrons. The number of carbonyl (C=O) groups is 1. The first-order valence-electron chi connectivity index (χ1n) is 7.44. The third-order valence-corrected chi connectivity index (χ3v) is 4.73. The SMILES string of the molecule is COc1ccc(C(=O)NCCN(C)C2CCCC2)cc1Br. The van der Waals surface area contributed by atoms with Gasteiger partial charge in [0.25, 0.3) is 5.91 Å². The Labute approximate surface area is 135 Å². The number of nitrogens with one attached hydrogen (secondary N) is 1. The van der Waals surface area contributed by atoms with Crippen molar-refractivity contribution in [3.05, 3.63) is 28.2 Å². The first-order valence-corrected chi connectivity index (χ1v) is 8.23. The Bertz CT molecular complexity index is 487. The number of amides is 1. The summed E-state index contributed by atoms with van der Waals surface area (Å²) in [5.41, 5.74) is 0.645. The molecule has 0 bridgehead atoms. The van der Waals surface area contributed by atoms with Crippen molar-refractivity contribution in [1.29, 1.82) is 0 Å². The highest BCUT2D eigenvalue weighted by molar-refractivity contribution is 9.10. The molecule has 1 aliphatic rings. The maximum absolute atomic E-state index is 12.1. The minimum Gasteiger partial charge on any atom is -0.496 e. The number of ether oxygens (including phenoxy) is 1. The van der Waals surface area contributed by atoms with Crippen LogP contribution in [0.2, 0.25) is 0 Å². The van der Waals surface area contributed by atoms with Gasteiger partial charge >= 0.3 is 0 Å². The number of hydrogen-bond donors (Lipinski definition) is 1. The highest BCUT2D eigenvalue weighted by atomic mass is 79.9. The fraction of sp³-hybridized carbons (Fsp3) is 0.562. The van der Waals surface area contributed by atoms with E-state index in [0.717, 1.165) is 16.8 Å². The summed E-state index contributed by atoms with van der Waals surface area (Å²) in [5, 5.41) is 2.98. The molecule has 1 fully saturated rings. The van der Waals surface area contributed by atoms with Crippen LogP contribution in [0.1, 0.15) is 36.0 Å². The monoisotopic (exact) mass is 354 g/mol. The van der Waals surface area contributed by atoms with Crippen molar-refractivity contribution < 1.29 is 9.53 Å². The normalized spacial score (nSPS) is 15.4. The third-order valence-electron chi connectivity index (χ3n) is 4.11. The van der Waals surface area contributed by atoms with Crippen molar-refractivity contribution >= 4 is 21.8 Å². The third kappa shape index (κ3) is 4.45. The molecule has 1 saturated carbocycles. The minimum atomic E-state index is -0.0434.